The first-order valence-corrected chi connectivity index (χ1v) is 10.8. The molecule has 2 aromatic rings. The van der Waals surface area contributed by atoms with Crippen LogP contribution < -0.4 is 16.2 Å². The minimum absolute atomic E-state index is 0.000596. The summed E-state index contributed by atoms with van der Waals surface area (Å²) in [5.41, 5.74) is 10.1. The lowest BCUT2D eigenvalue weighted by molar-refractivity contribution is -0.125. The van der Waals surface area contributed by atoms with E-state index < -0.39 is 0 Å². The first-order valence-electron chi connectivity index (χ1n) is 10.8. The van der Waals surface area contributed by atoms with Crippen LogP contribution in [0.2, 0.25) is 0 Å². The molecule has 2 aliphatic rings. The van der Waals surface area contributed by atoms with Crippen LogP contribution in [0.4, 0.5) is 0 Å². The number of hydrazine groups is 1. The minimum atomic E-state index is -0.119. The van der Waals surface area contributed by atoms with Gasteiger partial charge in [0.05, 0.1) is 12.0 Å². The van der Waals surface area contributed by atoms with Gasteiger partial charge >= 0.3 is 0 Å². The van der Waals surface area contributed by atoms with Crippen molar-refractivity contribution >= 4 is 5.91 Å². The summed E-state index contributed by atoms with van der Waals surface area (Å²) in [6.45, 7) is 5.67. The van der Waals surface area contributed by atoms with E-state index in [0.717, 1.165) is 12.1 Å². The number of hydrogen-bond acceptors (Lipinski definition) is 4. The van der Waals surface area contributed by atoms with Gasteiger partial charge in [0.2, 0.25) is 5.91 Å². The fraction of sp³-hybridized carbons (Fsp3) is 0.458. The first-order chi connectivity index (χ1) is 14.2. The molecule has 0 spiro atoms. The molecule has 1 amide bonds. The van der Waals surface area contributed by atoms with Gasteiger partial charge in [0.15, 0.2) is 0 Å². The zero-order valence-electron chi connectivity index (χ0n) is 17.2. The Morgan fingerprint density at radius 2 is 1.83 bits per heavy atom. The summed E-state index contributed by atoms with van der Waals surface area (Å²) >= 11 is 0. The van der Waals surface area contributed by atoms with Crippen LogP contribution in [0.15, 0.2) is 54.6 Å². The fourth-order valence-corrected chi connectivity index (χ4v) is 4.53. The molecule has 2 saturated heterocycles. The second-order valence-electron chi connectivity index (χ2n) is 8.32. The number of rotatable bonds is 6. The molecule has 0 radical (unpaired) electrons. The average Bonchev–Trinajstić information content (AvgIpc) is 3.25. The van der Waals surface area contributed by atoms with Crippen molar-refractivity contribution in [2.45, 2.75) is 51.4 Å². The number of benzene rings is 2. The van der Waals surface area contributed by atoms with Crippen molar-refractivity contribution in [1.29, 1.82) is 0 Å². The summed E-state index contributed by atoms with van der Waals surface area (Å²) in [6.07, 6.45) is 3.90. The number of carbonyl (C=O) groups excluding carboxylic acids is 1. The van der Waals surface area contributed by atoms with Gasteiger partial charge in [0.25, 0.3) is 0 Å². The van der Waals surface area contributed by atoms with Crippen LogP contribution in [-0.4, -0.2) is 29.9 Å². The third kappa shape index (κ3) is 4.86. The number of hydrogen-bond donors (Lipinski definition) is 3. The predicted octanol–water partition coefficient (Wildman–Crippen LogP) is 3.14. The van der Waals surface area contributed by atoms with Gasteiger partial charge in [-0.25, -0.2) is 5.43 Å². The van der Waals surface area contributed by atoms with Crippen LogP contribution in [0.1, 0.15) is 48.9 Å². The average molecular weight is 393 g/mol. The zero-order chi connectivity index (χ0) is 20.1. The molecular formula is C24H32N4O. The lowest BCUT2D eigenvalue weighted by atomic mass is 9.94. The highest BCUT2D eigenvalue weighted by atomic mass is 16.2. The van der Waals surface area contributed by atoms with Gasteiger partial charge in [0, 0.05) is 25.7 Å². The Bertz CT molecular complexity index is 810. The smallest absolute Gasteiger partial charge is 0.226 e. The molecule has 3 N–H and O–H groups in total. The van der Waals surface area contributed by atoms with Crippen LogP contribution in [0.5, 0.6) is 0 Å². The van der Waals surface area contributed by atoms with Crippen LogP contribution in [0.3, 0.4) is 0 Å². The maximum absolute atomic E-state index is 13.0. The van der Waals surface area contributed by atoms with Crippen molar-refractivity contribution in [1.82, 2.24) is 21.1 Å². The van der Waals surface area contributed by atoms with E-state index in [1.807, 2.05) is 18.2 Å². The third-order valence-electron chi connectivity index (χ3n) is 6.36. The third-order valence-corrected chi connectivity index (χ3v) is 6.36. The van der Waals surface area contributed by atoms with E-state index in [1.54, 1.807) is 0 Å². The summed E-state index contributed by atoms with van der Waals surface area (Å²) in [7, 11) is 0. The number of nitrogens with one attached hydrogen (secondary N) is 3. The second kappa shape index (κ2) is 9.53. The molecule has 0 aliphatic carbocycles. The summed E-state index contributed by atoms with van der Waals surface area (Å²) in [5, 5.41) is 3.19. The molecule has 2 aromatic carbocycles. The molecule has 29 heavy (non-hydrogen) atoms. The van der Waals surface area contributed by atoms with Gasteiger partial charge in [-0.3, -0.25) is 15.1 Å². The second-order valence-corrected chi connectivity index (χ2v) is 8.32. The highest BCUT2D eigenvalue weighted by Crippen LogP contribution is 2.25. The van der Waals surface area contributed by atoms with Crippen LogP contribution >= 0.6 is 0 Å². The summed E-state index contributed by atoms with van der Waals surface area (Å²) in [6, 6.07) is 19.3. The lowest BCUT2D eigenvalue weighted by Gasteiger charge is -2.33. The summed E-state index contributed by atoms with van der Waals surface area (Å²) in [4.78, 5) is 15.5. The maximum atomic E-state index is 13.0. The van der Waals surface area contributed by atoms with Gasteiger partial charge in [-0.15, -0.1) is 0 Å². The Hall–Kier alpha value is -2.21. The fourth-order valence-electron chi connectivity index (χ4n) is 4.53. The normalized spacial score (nSPS) is 25.1. The summed E-state index contributed by atoms with van der Waals surface area (Å²) < 4.78 is 0. The molecule has 2 fully saturated rings. The molecule has 2 heterocycles. The van der Waals surface area contributed by atoms with Crippen LogP contribution in [0.25, 0.3) is 0 Å². The largest absolute Gasteiger partial charge is 0.352 e. The predicted molar refractivity (Wildman–Crippen MR) is 116 cm³/mol. The molecule has 154 valence electrons. The van der Waals surface area contributed by atoms with Crippen molar-refractivity contribution in [3.8, 4) is 0 Å². The first kappa shape index (κ1) is 20.1. The maximum Gasteiger partial charge on any atom is 0.226 e. The van der Waals surface area contributed by atoms with Crippen molar-refractivity contribution < 1.29 is 4.79 Å². The molecular weight excluding hydrogens is 360 g/mol. The lowest BCUT2D eigenvalue weighted by Crippen LogP contribution is -2.37. The van der Waals surface area contributed by atoms with E-state index in [-0.39, 0.29) is 17.9 Å². The van der Waals surface area contributed by atoms with Gasteiger partial charge in [-0.1, -0.05) is 61.0 Å². The number of amides is 1. The van der Waals surface area contributed by atoms with Gasteiger partial charge in [-0.05, 0) is 43.0 Å². The highest BCUT2D eigenvalue weighted by molar-refractivity contribution is 5.80. The highest BCUT2D eigenvalue weighted by Gasteiger charge is 2.33. The quantitative estimate of drug-likeness (QED) is 0.707. The zero-order valence-corrected chi connectivity index (χ0v) is 17.2. The minimum Gasteiger partial charge on any atom is -0.352 e. The summed E-state index contributed by atoms with van der Waals surface area (Å²) in [5.74, 6) is -0.0239. The Kier molecular flexibility index (Phi) is 6.60. The Balaban J connectivity index is 1.39. The van der Waals surface area contributed by atoms with Gasteiger partial charge in [-0.2, -0.15) is 0 Å². The Morgan fingerprint density at radius 1 is 1.07 bits per heavy atom. The van der Waals surface area contributed by atoms with E-state index in [4.69, 9.17) is 0 Å². The van der Waals surface area contributed by atoms with E-state index >= 15 is 0 Å². The number of nitrogens with zero attached hydrogens (tertiary/aromatic N) is 1. The van der Waals surface area contributed by atoms with Crippen molar-refractivity contribution in [2.24, 2.45) is 5.92 Å². The van der Waals surface area contributed by atoms with Gasteiger partial charge in [0.1, 0.15) is 0 Å². The molecule has 4 rings (SSSR count). The van der Waals surface area contributed by atoms with Crippen LogP contribution in [-0.2, 0) is 17.9 Å². The monoisotopic (exact) mass is 392 g/mol. The van der Waals surface area contributed by atoms with E-state index in [1.165, 1.54) is 36.9 Å². The van der Waals surface area contributed by atoms with Gasteiger partial charge < -0.3 is 5.32 Å². The van der Waals surface area contributed by atoms with Crippen molar-refractivity contribution in [3.05, 3.63) is 71.3 Å². The standard InChI is InChI=1S/C24H32N4O/c1-18-9-7-8-14-28(18)17-21-13-6-5-12-20(21)15-25-24(29)22-16-26-27-23(22)19-10-3-2-4-11-19/h2-6,10-13,18,22-23,26-27H,7-9,14-17H2,1H3,(H,25,29). The van der Waals surface area contributed by atoms with Crippen LogP contribution in [0, 0.1) is 5.92 Å². The molecule has 3 atom stereocenters. The number of piperidine rings is 1. The molecule has 3 unspecified atom stereocenters. The number of carbonyl (C=O) groups is 1. The SMILES string of the molecule is CC1CCCCN1Cc1ccccc1CNC(=O)C1CNNC1c1ccccc1. The molecule has 5 heteroatoms. The molecule has 0 bridgehead atoms. The topological polar surface area (TPSA) is 56.4 Å². The molecule has 2 aliphatic heterocycles. The van der Waals surface area contributed by atoms with E-state index in [0.29, 0.717) is 19.1 Å². The van der Waals surface area contributed by atoms with E-state index in [9.17, 15) is 4.79 Å². The Morgan fingerprint density at radius 3 is 2.62 bits per heavy atom. The Labute approximate surface area is 173 Å². The van der Waals surface area contributed by atoms with Crippen molar-refractivity contribution in [3.63, 3.8) is 0 Å². The number of likely N-dealkylation sites (tertiary alicyclic amines) is 1. The van der Waals surface area contributed by atoms with Crippen molar-refractivity contribution in [2.75, 3.05) is 13.1 Å². The molecule has 5 nitrogen and oxygen atoms in total. The van der Waals surface area contributed by atoms with E-state index in [2.05, 4.69) is 64.4 Å². The molecule has 0 saturated carbocycles. The molecule has 0 aromatic heterocycles.